The number of Topliss-reactive ketones (excluding diaryl/α,β-unsaturated/α-hetero) is 1. The molecule has 1 saturated heterocycles. The number of likely N-dealkylation sites (tertiary alicyclic amines) is 1. The van der Waals surface area contributed by atoms with E-state index in [1.807, 2.05) is 13.8 Å². The summed E-state index contributed by atoms with van der Waals surface area (Å²) in [6.07, 6.45) is -4.62. The number of aliphatic hydroxyl groups excluding tert-OH is 1. The van der Waals surface area contributed by atoms with Gasteiger partial charge >= 0.3 is 6.18 Å². The van der Waals surface area contributed by atoms with Gasteiger partial charge in [0.25, 0.3) is 11.7 Å². The fraction of sp³-hybridized carbons (Fsp3) is 0.259. The first-order valence-electron chi connectivity index (χ1n) is 11.2. The van der Waals surface area contributed by atoms with E-state index in [4.69, 9.17) is 9.15 Å². The lowest BCUT2D eigenvalue weighted by Crippen LogP contribution is -2.29. The van der Waals surface area contributed by atoms with Gasteiger partial charge in [0.1, 0.15) is 29.1 Å². The summed E-state index contributed by atoms with van der Waals surface area (Å²) in [6.45, 7) is 5.11. The number of furan rings is 1. The van der Waals surface area contributed by atoms with E-state index < -0.39 is 35.2 Å². The highest BCUT2D eigenvalue weighted by Gasteiger charge is 2.47. The van der Waals surface area contributed by atoms with Gasteiger partial charge in [0.2, 0.25) is 0 Å². The van der Waals surface area contributed by atoms with Gasteiger partial charge in [-0.3, -0.25) is 9.59 Å². The molecule has 4 rings (SSSR count). The molecule has 1 aliphatic heterocycles. The normalized spacial score (nSPS) is 17.8. The number of halogens is 3. The lowest BCUT2D eigenvalue weighted by atomic mass is 9.99. The SMILES string of the molecule is Cc1ccc(C2/C(=C(/O)c3ccc(OC(C)C)cc3)C(=O)C(=O)N2Cc2cccc(C(F)(F)F)c2)o1. The number of aliphatic hydroxyl groups is 1. The van der Waals surface area contributed by atoms with Gasteiger partial charge in [-0.15, -0.1) is 0 Å². The fourth-order valence-electron chi connectivity index (χ4n) is 4.10. The predicted octanol–water partition coefficient (Wildman–Crippen LogP) is 6.02. The van der Waals surface area contributed by atoms with E-state index in [2.05, 4.69) is 0 Å². The van der Waals surface area contributed by atoms with E-state index >= 15 is 0 Å². The Labute approximate surface area is 205 Å². The Bertz CT molecular complexity index is 1320. The summed E-state index contributed by atoms with van der Waals surface area (Å²) in [6, 6.07) is 13.0. The van der Waals surface area contributed by atoms with Crippen LogP contribution in [0.15, 0.2) is 70.7 Å². The van der Waals surface area contributed by atoms with Crippen molar-refractivity contribution in [3.05, 3.63) is 94.4 Å². The molecule has 188 valence electrons. The molecule has 1 N–H and O–H groups in total. The average Bonchev–Trinajstić information content (AvgIpc) is 3.34. The largest absolute Gasteiger partial charge is 0.507 e. The maximum Gasteiger partial charge on any atom is 0.416 e. The number of alkyl halides is 3. The Hall–Kier alpha value is -4.01. The van der Waals surface area contributed by atoms with Crippen LogP contribution in [0.3, 0.4) is 0 Å². The molecule has 1 aromatic heterocycles. The van der Waals surface area contributed by atoms with Crippen LogP contribution >= 0.6 is 0 Å². The minimum absolute atomic E-state index is 0.0622. The molecule has 0 saturated carbocycles. The first kappa shape index (κ1) is 25.1. The summed E-state index contributed by atoms with van der Waals surface area (Å²) in [5.41, 5.74) is -0.629. The van der Waals surface area contributed by atoms with Crippen LogP contribution in [0.2, 0.25) is 0 Å². The van der Waals surface area contributed by atoms with Gasteiger partial charge in [0, 0.05) is 12.1 Å². The topological polar surface area (TPSA) is 80.0 Å². The van der Waals surface area contributed by atoms with Crippen LogP contribution in [0.5, 0.6) is 5.75 Å². The number of hydrogen-bond acceptors (Lipinski definition) is 5. The van der Waals surface area contributed by atoms with Crippen molar-refractivity contribution in [2.24, 2.45) is 0 Å². The Morgan fingerprint density at radius 2 is 1.78 bits per heavy atom. The van der Waals surface area contributed by atoms with Crippen LogP contribution in [0.4, 0.5) is 13.2 Å². The third-order valence-corrected chi connectivity index (χ3v) is 5.68. The smallest absolute Gasteiger partial charge is 0.416 e. The Kier molecular flexibility index (Phi) is 6.67. The summed E-state index contributed by atoms with van der Waals surface area (Å²) in [5.74, 6) is -1.06. The molecule has 9 heteroatoms. The second kappa shape index (κ2) is 9.56. The van der Waals surface area contributed by atoms with Crippen LogP contribution in [0.1, 0.15) is 48.1 Å². The second-order valence-electron chi connectivity index (χ2n) is 8.76. The monoisotopic (exact) mass is 499 g/mol. The average molecular weight is 499 g/mol. The highest BCUT2D eigenvalue weighted by molar-refractivity contribution is 6.46. The molecular formula is C27H24F3NO5. The molecule has 1 unspecified atom stereocenters. The van der Waals surface area contributed by atoms with Crippen molar-refractivity contribution in [3.8, 4) is 5.75 Å². The van der Waals surface area contributed by atoms with Crippen molar-refractivity contribution >= 4 is 17.4 Å². The molecule has 0 aliphatic carbocycles. The molecular weight excluding hydrogens is 475 g/mol. The maximum absolute atomic E-state index is 13.2. The summed E-state index contributed by atoms with van der Waals surface area (Å²) in [5, 5.41) is 11.1. The molecule has 36 heavy (non-hydrogen) atoms. The molecule has 2 heterocycles. The molecule has 3 aromatic rings. The number of amides is 1. The molecule has 1 fully saturated rings. The molecule has 0 spiro atoms. The quantitative estimate of drug-likeness (QED) is 0.255. The lowest BCUT2D eigenvalue weighted by Gasteiger charge is -2.24. The van der Waals surface area contributed by atoms with E-state index in [0.717, 1.165) is 17.0 Å². The van der Waals surface area contributed by atoms with Gasteiger partial charge < -0.3 is 19.2 Å². The number of hydrogen-bond donors (Lipinski definition) is 1. The highest BCUT2D eigenvalue weighted by atomic mass is 19.4. The fourth-order valence-corrected chi connectivity index (χ4v) is 4.10. The van der Waals surface area contributed by atoms with E-state index in [1.165, 1.54) is 12.1 Å². The number of ether oxygens (including phenoxy) is 1. The van der Waals surface area contributed by atoms with E-state index in [1.54, 1.807) is 43.3 Å². The van der Waals surface area contributed by atoms with Gasteiger partial charge in [-0.05, 0) is 74.9 Å². The van der Waals surface area contributed by atoms with Gasteiger partial charge in [-0.2, -0.15) is 13.2 Å². The standard InChI is InChI=1S/C27H24F3NO5/c1-15(2)35-20-10-8-18(9-11-20)24(32)22-23(21-12-7-16(3)36-21)31(26(34)25(22)33)14-17-5-4-6-19(13-17)27(28,29)30/h4-13,15,23,32H,14H2,1-3H3/b24-22-. The van der Waals surface area contributed by atoms with Crippen molar-refractivity contribution in [1.82, 2.24) is 4.90 Å². The number of nitrogens with zero attached hydrogens (tertiary/aromatic N) is 1. The Morgan fingerprint density at radius 3 is 2.36 bits per heavy atom. The second-order valence-corrected chi connectivity index (χ2v) is 8.76. The Balaban J connectivity index is 1.77. The van der Waals surface area contributed by atoms with Crippen LogP contribution in [-0.2, 0) is 22.3 Å². The lowest BCUT2D eigenvalue weighted by molar-refractivity contribution is -0.140. The van der Waals surface area contributed by atoms with Crippen molar-refractivity contribution in [2.75, 3.05) is 0 Å². The zero-order valence-electron chi connectivity index (χ0n) is 19.8. The number of ketones is 1. The summed E-state index contributed by atoms with van der Waals surface area (Å²) in [4.78, 5) is 27.3. The summed E-state index contributed by atoms with van der Waals surface area (Å²) >= 11 is 0. The van der Waals surface area contributed by atoms with Crippen molar-refractivity contribution < 1.29 is 37.0 Å². The number of rotatable bonds is 6. The van der Waals surface area contributed by atoms with Gasteiger partial charge in [0.15, 0.2) is 0 Å². The molecule has 2 aromatic carbocycles. The van der Waals surface area contributed by atoms with Crippen LogP contribution in [0.25, 0.3) is 5.76 Å². The molecule has 0 bridgehead atoms. The third-order valence-electron chi connectivity index (χ3n) is 5.68. The van der Waals surface area contributed by atoms with Gasteiger partial charge in [-0.1, -0.05) is 12.1 Å². The molecule has 0 radical (unpaired) electrons. The maximum atomic E-state index is 13.2. The van der Waals surface area contributed by atoms with Crippen molar-refractivity contribution in [1.29, 1.82) is 0 Å². The summed E-state index contributed by atoms with van der Waals surface area (Å²) in [7, 11) is 0. The number of benzene rings is 2. The molecule has 1 amide bonds. The minimum Gasteiger partial charge on any atom is -0.507 e. The first-order chi connectivity index (χ1) is 17.0. The number of carbonyl (C=O) groups is 2. The minimum atomic E-state index is -4.56. The predicted molar refractivity (Wildman–Crippen MR) is 125 cm³/mol. The number of carbonyl (C=O) groups excluding carboxylic acids is 2. The third kappa shape index (κ3) is 5.00. The Morgan fingerprint density at radius 1 is 1.08 bits per heavy atom. The molecule has 1 aliphatic rings. The van der Waals surface area contributed by atoms with Crippen LogP contribution < -0.4 is 4.74 Å². The molecule has 6 nitrogen and oxygen atoms in total. The van der Waals surface area contributed by atoms with Crippen LogP contribution in [-0.4, -0.2) is 27.8 Å². The zero-order chi connectivity index (χ0) is 26.2. The highest BCUT2D eigenvalue weighted by Crippen LogP contribution is 2.41. The summed E-state index contributed by atoms with van der Waals surface area (Å²) < 4.78 is 51.0. The van der Waals surface area contributed by atoms with Crippen molar-refractivity contribution in [2.45, 2.75) is 45.6 Å². The van der Waals surface area contributed by atoms with Crippen molar-refractivity contribution in [3.63, 3.8) is 0 Å². The van der Waals surface area contributed by atoms with E-state index in [0.29, 0.717) is 11.5 Å². The first-order valence-corrected chi connectivity index (χ1v) is 11.2. The van der Waals surface area contributed by atoms with Gasteiger partial charge in [0.05, 0.1) is 17.2 Å². The molecule has 1 atom stereocenters. The zero-order valence-corrected chi connectivity index (χ0v) is 19.8. The van der Waals surface area contributed by atoms with E-state index in [9.17, 15) is 27.9 Å². The number of aryl methyl sites for hydroxylation is 1. The van der Waals surface area contributed by atoms with Gasteiger partial charge in [-0.25, -0.2) is 0 Å². The van der Waals surface area contributed by atoms with Crippen LogP contribution in [0, 0.1) is 6.92 Å². The van der Waals surface area contributed by atoms with E-state index in [-0.39, 0.29) is 35.1 Å².